The van der Waals surface area contributed by atoms with Gasteiger partial charge in [-0.15, -0.1) is 0 Å². The molecule has 3 heteroatoms. The third-order valence-corrected chi connectivity index (χ3v) is 2.08. The Bertz CT molecular complexity index is 177. The van der Waals surface area contributed by atoms with E-state index in [2.05, 4.69) is 0 Å². The number of hydrogen-bond donors (Lipinski definition) is 0. The van der Waals surface area contributed by atoms with Crippen LogP contribution in [0.25, 0.3) is 0 Å². The third-order valence-electron chi connectivity index (χ3n) is 2.08. The highest BCUT2D eigenvalue weighted by atomic mass is 16.7. The van der Waals surface area contributed by atoms with Crippen LogP contribution in [-0.4, -0.2) is 18.9 Å². The van der Waals surface area contributed by atoms with Gasteiger partial charge in [-0.25, -0.2) is 4.79 Å². The van der Waals surface area contributed by atoms with Crippen LogP contribution in [0.4, 0.5) is 4.79 Å². The molecular formula is C12H24O3. The van der Waals surface area contributed by atoms with E-state index in [-0.39, 0.29) is 6.10 Å². The van der Waals surface area contributed by atoms with E-state index in [9.17, 15) is 4.79 Å². The van der Waals surface area contributed by atoms with Gasteiger partial charge in [-0.1, -0.05) is 41.5 Å². The van der Waals surface area contributed by atoms with Crippen molar-refractivity contribution < 1.29 is 14.3 Å². The highest BCUT2D eigenvalue weighted by molar-refractivity contribution is 5.60. The first kappa shape index (κ1) is 14.3. The molecule has 0 aromatic rings. The lowest BCUT2D eigenvalue weighted by atomic mass is 9.96. The van der Waals surface area contributed by atoms with Gasteiger partial charge in [0.05, 0.1) is 6.61 Å². The lowest BCUT2D eigenvalue weighted by Crippen LogP contribution is -2.29. The molecule has 0 N–H and O–H groups in total. The van der Waals surface area contributed by atoms with E-state index in [0.717, 1.165) is 0 Å². The minimum Gasteiger partial charge on any atom is -0.434 e. The van der Waals surface area contributed by atoms with E-state index in [4.69, 9.17) is 9.47 Å². The average molecular weight is 216 g/mol. The fourth-order valence-electron chi connectivity index (χ4n) is 1.42. The van der Waals surface area contributed by atoms with Crippen LogP contribution in [0.1, 0.15) is 41.5 Å². The van der Waals surface area contributed by atoms with Crippen molar-refractivity contribution in [1.29, 1.82) is 0 Å². The molecule has 0 bridgehead atoms. The molecule has 0 aliphatic rings. The van der Waals surface area contributed by atoms with Crippen LogP contribution < -0.4 is 0 Å². The molecule has 3 nitrogen and oxygen atoms in total. The van der Waals surface area contributed by atoms with Crippen molar-refractivity contribution in [1.82, 2.24) is 0 Å². The molecule has 0 unspecified atom stereocenters. The Labute approximate surface area is 93.1 Å². The van der Waals surface area contributed by atoms with Gasteiger partial charge in [-0.3, -0.25) is 0 Å². The van der Waals surface area contributed by atoms with Gasteiger partial charge in [-0.2, -0.15) is 0 Å². The Morgan fingerprint density at radius 1 is 1.00 bits per heavy atom. The minimum absolute atomic E-state index is 0.0651. The smallest absolute Gasteiger partial charge is 0.434 e. The molecule has 0 heterocycles. The van der Waals surface area contributed by atoms with Crippen molar-refractivity contribution in [2.45, 2.75) is 47.6 Å². The van der Waals surface area contributed by atoms with E-state index < -0.39 is 6.16 Å². The van der Waals surface area contributed by atoms with Crippen molar-refractivity contribution in [2.24, 2.45) is 17.8 Å². The van der Waals surface area contributed by atoms with Crippen molar-refractivity contribution in [2.75, 3.05) is 6.61 Å². The molecule has 0 atom stereocenters. The molecule has 0 saturated heterocycles. The van der Waals surface area contributed by atoms with E-state index in [0.29, 0.717) is 24.4 Å². The van der Waals surface area contributed by atoms with Crippen LogP contribution in [0.3, 0.4) is 0 Å². The van der Waals surface area contributed by atoms with E-state index in [1.165, 1.54) is 0 Å². The average Bonchev–Trinajstić information content (AvgIpc) is 2.09. The van der Waals surface area contributed by atoms with Gasteiger partial charge in [0.25, 0.3) is 0 Å². The monoisotopic (exact) mass is 216 g/mol. The molecule has 0 aromatic carbocycles. The number of carbonyl (C=O) groups excluding carboxylic acids is 1. The summed E-state index contributed by atoms with van der Waals surface area (Å²) < 4.78 is 10.2. The second-order valence-electron chi connectivity index (χ2n) is 5.03. The Hall–Kier alpha value is -0.730. The lowest BCUT2D eigenvalue weighted by molar-refractivity contribution is -0.0144. The van der Waals surface area contributed by atoms with Gasteiger partial charge in [-0.05, 0) is 17.8 Å². The highest BCUT2D eigenvalue weighted by Crippen LogP contribution is 2.16. The summed E-state index contributed by atoms with van der Waals surface area (Å²) in [7, 11) is 0. The third kappa shape index (κ3) is 6.37. The number of carbonyl (C=O) groups is 1. The molecule has 0 spiro atoms. The van der Waals surface area contributed by atoms with Gasteiger partial charge in [0.2, 0.25) is 0 Å². The van der Waals surface area contributed by atoms with Crippen molar-refractivity contribution in [3.05, 3.63) is 0 Å². The van der Waals surface area contributed by atoms with Crippen LogP contribution in [0, 0.1) is 17.8 Å². The predicted molar refractivity (Wildman–Crippen MR) is 60.7 cm³/mol. The standard InChI is InChI=1S/C12H24O3/c1-8(2)7-14-12(13)15-11(9(3)4)10(5)6/h8-11H,7H2,1-6H3. The maximum Gasteiger partial charge on any atom is 0.508 e. The molecule has 90 valence electrons. The summed E-state index contributed by atoms with van der Waals surface area (Å²) in [5, 5.41) is 0. The Balaban J connectivity index is 4.01. The van der Waals surface area contributed by atoms with Gasteiger partial charge in [0.1, 0.15) is 6.10 Å². The Morgan fingerprint density at radius 2 is 1.47 bits per heavy atom. The van der Waals surface area contributed by atoms with Gasteiger partial charge >= 0.3 is 6.16 Å². The second-order valence-corrected chi connectivity index (χ2v) is 5.03. The van der Waals surface area contributed by atoms with Gasteiger partial charge in [0.15, 0.2) is 0 Å². The fraction of sp³-hybridized carbons (Fsp3) is 0.917. The molecule has 0 amide bonds. The largest absolute Gasteiger partial charge is 0.508 e. The topological polar surface area (TPSA) is 35.5 Å². The van der Waals surface area contributed by atoms with Crippen LogP contribution in [0.15, 0.2) is 0 Å². The minimum atomic E-state index is -0.545. The molecule has 0 aliphatic heterocycles. The highest BCUT2D eigenvalue weighted by Gasteiger charge is 2.22. The van der Waals surface area contributed by atoms with Crippen LogP contribution in [-0.2, 0) is 9.47 Å². The molecule has 0 rings (SSSR count). The fourth-order valence-corrected chi connectivity index (χ4v) is 1.42. The zero-order valence-electron chi connectivity index (χ0n) is 10.7. The van der Waals surface area contributed by atoms with Crippen molar-refractivity contribution in [3.63, 3.8) is 0 Å². The molecule has 0 fully saturated rings. The van der Waals surface area contributed by atoms with Crippen LogP contribution in [0.2, 0.25) is 0 Å². The SMILES string of the molecule is CC(C)COC(=O)OC(C(C)C)C(C)C. The first-order valence-corrected chi connectivity index (χ1v) is 5.68. The van der Waals surface area contributed by atoms with E-state index in [1.54, 1.807) is 0 Å². The quantitative estimate of drug-likeness (QED) is 0.660. The summed E-state index contributed by atoms with van der Waals surface area (Å²) in [6.07, 6.45) is -0.610. The maximum absolute atomic E-state index is 11.3. The summed E-state index contributed by atoms with van der Waals surface area (Å²) in [6, 6.07) is 0. The van der Waals surface area contributed by atoms with Crippen molar-refractivity contribution in [3.8, 4) is 0 Å². The zero-order chi connectivity index (χ0) is 12.0. The summed E-state index contributed by atoms with van der Waals surface area (Å²) in [5.74, 6) is 0.974. The molecule has 0 aliphatic carbocycles. The molecule has 0 aromatic heterocycles. The zero-order valence-corrected chi connectivity index (χ0v) is 10.7. The summed E-state index contributed by atoms with van der Waals surface area (Å²) in [6.45, 7) is 12.6. The number of rotatable bonds is 5. The van der Waals surface area contributed by atoms with E-state index >= 15 is 0 Å². The Kier molecular flexibility index (Phi) is 6.37. The maximum atomic E-state index is 11.3. The first-order chi connectivity index (χ1) is 6.84. The molecular weight excluding hydrogens is 192 g/mol. The first-order valence-electron chi connectivity index (χ1n) is 5.68. The molecule has 0 saturated carbocycles. The van der Waals surface area contributed by atoms with Crippen LogP contribution in [0.5, 0.6) is 0 Å². The number of ether oxygens (including phenoxy) is 2. The van der Waals surface area contributed by atoms with Crippen molar-refractivity contribution >= 4 is 6.16 Å². The predicted octanol–water partition coefficient (Wildman–Crippen LogP) is 3.48. The molecule has 15 heavy (non-hydrogen) atoms. The van der Waals surface area contributed by atoms with Gasteiger partial charge < -0.3 is 9.47 Å². The Morgan fingerprint density at radius 3 is 1.80 bits per heavy atom. The molecule has 0 radical (unpaired) electrons. The van der Waals surface area contributed by atoms with Crippen LogP contribution >= 0.6 is 0 Å². The normalized spacial score (nSPS) is 11.6. The number of hydrogen-bond acceptors (Lipinski definition) is 3. The summed E-state index contributed by atoms with van der Waals surface area (Å²) in [4.78, 5) is 11.3. The van der Waals surface area contributed by atoms with E-state index in [1.807, 2.05) is 41.5 Å². The van der Waals surface area contributed by atoms with Gasteiger partial charge in [0, 0.05) is 0 Å². The summed E-state index contributed by atoms with van der Waals surface area (Å²) >= 11 is 0. The lowest BCUT2D eigenvalue weighted by Gasteiger charge is -2.24. The second kappa shape index (κ2) is 6.70. The summed E-state index contributed by atoms with van der Waals surface area (Å²) in [5.41, 5.74) is 0.